The number of ether oxygens (including phenoxy) is 1. The molecule has 0 fully saturated rings. The third-order valence-electron chi connectivity index (χ3n) is 5.33. The number of amides is 1. The molecule has 0 saturated carbocycles. The molecular weight excluding hydrogens is 338 g/mol. The number of aromatic nitrogens is 1. The van der Waals surface area contributed by atoms with Gasteiger partial charge in [0.15, 0.2) is 0 Å². The van der Waals surface area contributed by atoms with Gasteiger partial charge in [-0.25, -0.2) is 0 Å². The minimum atomic E-state index is 0.0183. The Bertz CT molecular complexity index is 754. The first-order valence-corrected chi connectivity index (χ1v) is 9.71. The topological polar surface area (TPSA) is 37.7 Å². The van der Waals surface area contributed by atoms with E-state index in [1.807, 2.05) is 0 Å². The van der Waals surface area contributed by atoms with Gasteiger partial charge in [-0.15, -0.1) is 0 Å². The van der Waals surface area contributed by atoms with E-state index >= 15 is 0 Å². The number of hydrogen-bond donors (Lipinski definition) is 0. The van der Waals surface area contributed by atoms with E-state index < -0.39 is 0 Å². The number of benzene rings is 1. The van der Waals surface area contributed by atoms with Crippen LogP contribution in [0.4, 0.5) is 0 Å². The molecule has 1 aromatic carbocycles. The van der Waals surface area contributed by atoms with Crippen LogP contribution in [-0.4, -0.2) is 54.1 Å². The summed E-state index contributed by atoms with van der Waals surface area (Å²) < 4.78 is 7.99. The van der Waals surface area contributed by atoms with Crippen LogP contribution in [0.1, 0.15) is 23.2 Å². The number of likely N-dealkylation sites (N-methyl/N-ethyl adjacent to an activating group) is 1. The van der Waals surface area contributed by atoms with E-state index in [2.05, 4.69) is 59.0 Å². The monoisotopic (exact) mass is 369 g/mol. The second kappa shape index (κ2) is 9.20. The lowest BCUT2D eigenvalue weighted by Gasteiger charge is -2.25. The summed E-state index contributed by atoms with van der Waals surface area (Å²) in [5.41, 5.74) is 4.11. The molecule has 1 aromatic heterocycles. The van der Waals surface area contributed by atoms with Crippen molar-refractivity contribution < 1.29 is 9.53 Å². The Balaban J connectivity index is 1.61. The van der Waals surface area contributed by atoms with Crippen LogP contribution in [-0.2, 0) is 29.2 Å². The van der Waals surface area contributed by atoms with Crippen molar-refractivity contribution in [3.05, 3.63) is 59.4 Å². The van der Waals surface area contributed by atoms with E-state index in [1.54, 1.807) is 19.0 Å². The number of aryl methyl sites for hydroxylation is 1. The van der Waals surface area contributed by atoms with Crippen molar-refractivity contribution in [2.45, 2.75) is 33.0 Å². The molecule has 0 N–H and O–H groups in total. The molecule has 2 heterocycles. The van der Waals surface area contributed by atoms with Crippen LogP contribution in [0.2, 0.25) is 0 Å². The van der Waals surface area contributed by atoms with Gasteiger partial charge in [0, 0.05) is 58.8 Å². The third kappa shape index (κ3) is 5.44. The van der Waals surface area contributed by atoms with Gasteiger partial charge in [0.05, 0.1) is 0 Å². The molecule has 0 aliphatic carbocycles. The molecule has 1 aliphatic heterocycles. The zero-order valence-electron chi connectivity index (χ0n) is 16.7. The predicted octanol–water partition coefficient (Wildman–Crippen LogP) is 2.92. The lowest BCUT2D eigenvalue weighted by atomic mass is 10.0. The zero-order valence-corrected chi connectivity index (χ0v) is 16.7. The highest BCUT2D eigenvalue weighted by atomic mass is 16.5. The first-order chi connectivity index (χ1) is 13.0. The average molecular weight is 370 g/mol. The molecule has 0 unspecified atom stereocenters. The summed E-state index contributed by atoms with van der Waals surface area (Å²) in [6.45, 7) is 6.97. The average Bonchev–Trinajstić information content (AvgIpc) is 2.99. The van der Waals surface area contributed by atoms with Gasteiger partial charge in [-0.1, -0.05) is 24.3 Å². The molecule has 0 radical (unpaired) electrons. The third-order valence-corrected chi connectivity index (χ3v) is 5.33. The van der Waals surface area contributed by atoms with Gasteiger partial charge in [-0.2, -0.15) is 0 Å². The Morgan fingerprint density at radius 1 is 1.19 bits per heavy atom. The van der Waals surface area contributed by atoms with Gasteiger partial charge >= 0.3 is 0 Å². The number of carbonyl (C=O) groups is 1. The number of carbonyl (C=O) groups excluding carboxylic acids is 1. The molecule has 5 heteroatoms. The van der Waals surface area contributed by atoms with Gasteiger partial charge in [-0.3, -0.25) is 9.69 Å². The van der Waals surface area contributed by atoms with Gasteiger partial charge in [0.2, 0.25) is 5.91 Å². The molecule has 5 nitrogen and oxygen atoms in total. The fraction of sp³-hybridized carbons (Fsp3) is 0.500. The first-order valence-electron chi connectivity index (χ1n) is 9.71. The molecule has 1 aliphatic rings. The van der Waals surface area contributed by atoms with Crippen molar-refractivity contribution >= 4 is 5.91 Å². The molecule has 2 aromatic rings. The molecule has 27 heavy (non-hydrogen) atoms. The fourth-order valence-corrected chi connectivity index (χ4v) is 3.64. The molecular formula is C22H31N3O2. The van der Waals surface area contributed by atoms with Crippen molar-refractivity contribution in [1.82, 2.24) is 14.4 Å². The Labute approximate surface area is 162 Å². The highest BCUT2D eigenvalue weighted by Crippen LogP contribution is 2.22. The Kier molecular flexibility index (Phi) is 6.69. The number of rotatable bonds is 7. The minimum absolute atomic E-state index is 0.0183. The second-order valence-corrected chi connectivity index (χ2v) is 7.74. The molecule has 0 saturated heterocycles. The van der Waals surface area contributed by atoms with Crippen LogP contribution >= 0.6 is 0 Å². The molecule has 0 spiro atoms. The van der Waals surface area contributed by atoms with E-state index in [0.717, 1.165) is 32.6 Å². The van der Waals surface area contributed by atoms with Crippen molar-refractivity contribution in [2.75, 3.05) is 33.9 Å². The van der Waals surface area contributed by atoms with Crippen LogP contribution in [0.25, 0.3) is 0 Å². The molecule has 0 bridgehead atoms. The Hall–Kier alpha value is -2.11. The lowest BCUT2D eigenvalue weighted by Crippen LogP contribution is -2.29. The highest BCUT2D eigenvalue weighted by Gasteiger charge is 2.22. The van der Waals surface area contributed by atoms with Crippen molar-refractivity contribution in [3.63, 3.8) is 0 Å². The van der Waals surface area contributed by atoms with Gasteiger partial charge in [0.25, 0.3) is 0 Å². The summed E-state index contributed by atoms with van der Waals surface area (Å²) in [4.78, 5) is 15.8. The lowest BCUT2D eigenvalue weighted by molar-refractivity contribution is -0.133. The summed E-state index contributed by atoms with van der Waals surface area (Å²) in [6.07, 6.45) is 3.14. The first kappa shape index (κ1) is 19.6. The van der Waals surface area contributed by atoms with E-state index in [0.29, 0.717) is 12.5 Å². The van der Waals surface area contributed by atoms with Crippen molar-refractivity contribution in [1.29, 1.82) is 0 Å². The fourth-order valence-electron chi connectivity index (χ4n) is 3.64. The molecule has 1 amide bonds. The second-order valence-electron chi connectivity index (χ2n) is 7.74. The van der Waals surface area contributed by atoms with Crippen LogP contribution in [0, 0.1) is 12.8 Å². The van der Waals surface area contributed by atoms with E-state index in [1.165, 1.54) is 16.8 Å². The summed E-state index contributed by atoms with van der Waals surface area (Å²) in [7, 11) is 3.52. The van der Waals surface area contributed by atoms with Crippen LogP contribution in [0.3, 0.4) is 0 Å². The van der Waals surface area contributed by atoms with E-state index in [-0.39, 0.29) is 12.5 Å². The minimum Gasteiger partial charge on any atom is -0.372 e. The molecule has 3 rings (SSSR count). The summed E-state index contributed by atoms with van der Waals surface area (Å²) in [5, 5.41) is 0. The highest BCUT2D eigenvalue weighted by molar-refractivity contribution is 5.76. The normalized spacial score (nSPS) is 17.4. The van der Waals surface area contributed by atoms with Gasteiger partial charge in [0.1, 0.15) is 6.61 Å². The van der Waals surface area contributed by atoms with Crippen LogP contribution in [0.5, 0.6) is 0 Å². The number of hydrogen-bond acceptors (Lipinski definition) is 3. The van der Waals surface area contributed by atoms with Gasteiger partial charge in [-0.05, 0) is 42.5 Å². The van der Waals surface area contributed by atoms with Crippen LogP contribution < -0.4 is 0 Å². The molecule has 146 valence electrons. The number of nitrogens with zero attached hydrogens (tertiary/aromatic N) is 3. The van der Waals surface area contributed by atoms with Gasteiger partial charge < -0.3 is 14.2 Å². The Morgan fingerprint density at radius 3 is 2.78 bits per heavy atom. The number of fused-ring (bicyclic) bond motifs is 1. The SMILES string of the molecule is Cc1ccccc1CN1Cc2cccn2C[C@@H](CCOCC(=O)N(C)C)C1. The summed E-state index contributed by atoms with van der Waals surface area (Å²) in [6, 6.07) is 13.0. The smallest absolute Gasteiger partial charge is 0.248 e. The standard InChI is InChI=1S/C22H31N3O2/c1-18-7-4-5-8-20(18)15-24-13-19(10-12-27-17-22(26)23(2)3)14-25-11-6-9-21(25)16-24/h4-9,11,19H,10,12-17H2,1-3H3/t19-/m0/s1. The van der Waals surface area contributed by atoms with E-state index in [4.69, 9.17) is 4.74 Å². The Morgan fingerprint density at radius 2 is 2.00 bits per heavy atom. The summed E-state index contributed by atoms with van der Waals surface area (Å²) >= 11 is 0. The van der Waals surface area contributed by atoms with Crippen molar-refractivity contribution in [2.24, 2.45) is 5.92 Å². The quantitative estimate of drug-likeness (QED) is 0.705. The maximum absolute atomic E-state index is 11.7. The largest absolute Gasteiger partial charge is 0.372 e. The van der Waals surface area contributed by atoms with Crippen molar-refractivity contribution in [3.8, 4) is 0 Å². The maximum atomic E-state index is 11.7. The zero-order chi connectivity index (χ0) is 19.2. The van der Waals surface area contributed by atoms with E-state index in [9.17, 15) is 4.79 Å². The predicted molar refractivity (Wildman–Crippen MR) is 107 cm³/mol. The van der Waals surface area contributed by atoms with Crippen LogP contribution in [0.15, 0.2) is 42.6 Å². The summed E-state index contributed by atoms with van der Waals surface area (Å²) in [5.74, 6) is 0.530. The maximum Gasteiger partial charge on any atom is 0.248 e. The molecule has 1 atom stereocenters.